The summed E-state index contributed by atoms with van der Waals surface area (Å²) < 4.78 is 0. The quantitative estimate of drug-likeness (QED) is 0.793. The highest BCUT2D eigenvalue weighted by atomic mass is 35.5. The average Bonchev–Trinajstić information content (AvgIpc) is 2.83. The third-order valence-electron chi connectivity index (χ3n) is 2.70. The van der Waals surface area contributed by atoms with Gasteiger partial charge in [0.1, 0.15) is 0 Å². The Balaban J connectivity index is 0.00000200. The highest BCUT2D eigenvalue weighted by molar-refractivity contribution is 6.02. The molecule has 1 amide bonds. The van der Waals surface area contributed by atoms with Crippen molar-refractivity contribution in [1.29, 1.82) is 0 Å². The third kappa shape index (κ3) is 4.36. The van der Waals surface area contributed by atoms with E-state index in [1.165, 1.54) is 0 Å². The number of hydrogen-bond donors (Lipinski definition) is 3. The lowest BCUT2D eigenvalue weighted by Crippen LogP contribution is -2.14. The first-order valence-corrected chi connectivity index (χ1v) is 6.32. The molecule has 0 fully saturated rings. The zero-order valence-corrected chi connectivity index (χ0v) is 12.4. The number of nitrogens with zero attached hydrogens (tertiary/aromatic N) is 1. The van der Waals surface area contributed by atoms with Gasteiger partial charge in [-0.3, -0.25) is 9.89 Å². The molecule has 0 atom stereocenters. The monoisotopic (exact) mass is 294 g/mol. The van der Waals surface area contributed by atoms with E-state index in [1.807, 2.05) is 31.2 Å². The molecule has 3 N–H and O–H groups in total. The van der Waals surface area contributed by atoms with Gasteiger partial charge < -0.3 is 10.6 Å². The van der Waals surface area contributed by atoms with Gasteiger partial charge in [-0.2, -0.15) is 5.10 Å². The number of H-pyrrole nitrogens is 1. The molecule has 0 aliphatic rings. The molecule has 2 aromatic rings. The minimum atomic E-state index is -0.204. The number of aromatic nitrogens is 2. The molecule has 20 heavy (non-hydrogen) atoms. The van der Waals surface area contributed by atoms with E-state index in [1.54, 1.807) is 6.07 Å². The number of carbonyl (C=O) groups excluding carboxylic acids is 1. The molecule has 0 unspecified atom stereocenters. The van der Waals surface area contributed by atoms with Gasteiger partial charge in [0.2, 0.25) is 0 Å². The Morgan fingerprint density at radius 2 is 2.15 bits per heavy atom. The number of amides is 1. The van der Waals surface area contributed by atoms with Gasteiger partial charge in [0.25, 0.3) is 5.91 Å². The zero-order chi connectivity index (χ0) is 13.7. The van der Waals surface area contributed by atoms with Gasteiger partial charge in [0.05, 0.1) is 0 Å². The first-order valence-electron chi connectivity index (χ1n) is 6.32. The van der Waals surface area contributed by atoms with Crippen molar-refractivity contribution in [2.45, 2.75) is 20.4 Å². The predicted octanol–water partition coefficient (Wildman–Crippen LogP) is 2.50. The Hall–Kier alpha value is -1.85. The normalized spacial score (nSPS) is 9.90. The van der Waals surface area contributed by atoms with Crippen LogP contribution in [0.5, 0.6) is 0 Å². The Labute approximate surface area is 124 Å². The lowest BCUT2D eigenvalue weighted by Gasteiger charge is -2.06. The van der Waals surface area contributed by atoms with Gasteiger partial charge in [-0.1, -0.05) is 19.1 Å². The molecule has 0 radical (unpaired) electrons. The largest absolute Gasteiger partial charge is 0.321 e. The second-order valence-corrected chi connectivity index (χ2v) is 4.37. The van der Waals surface area contributed by atoms with E-state index >= 15 is 0 Å². The molecule has 1 aromatic carbocycles. The minimum absolute atomic E-state index is 0. The Kier molecular flexibility index (Phi) is 6.21. The second-order valence-electron chi connectivity index (χ2n) is 4.37. The lowest BCUT2D eigenvalue weighted by molar-refractivity contribution is 0.102. The number of rotatable bonds is 5. The van der Waals surface area contributed by atoms with Gasteiger partial charge >= 0.3 is 0 Å². The SMILES string of the molecule is CCNCc1cccc(NC(=O)c2cc(C)[nH]n2)c1.Cl. The Bertz CT molecular complexity index is 568. The van der Waals surface area contributed by atoms with Crippen molar-refractivity contribution in [3.05, 3.63) is 47.3 Å². The summed E-state index contributed by atoms with van der Waals surface area (Å²) in [7, 11) is 0. The number of aryl methyl sites for hydroxylation is 1. The average molecular weight is 295 g/mol. The number of hydrogen-bond acceptors (Lipinski definition) is 3. The molecule has 0 aliphatic carbocycles. The van der Waals surface area contributed by atoms with Crippen LogP contribution < -0.4 is 10.6 Å². The van der Waals surface area contributed by atoms with Crippen LogP contribution in [0.4, 0.5) is 5.69 Å². The van der Waals surface area contributed by atoms with Gasteiger partial charge in [-0.25, -0.2) is 0 Å². The zero-order valence-electron chi connectivity index (χ0n) is 11.6. The fourth-order valence-electron chi connectivity index (χ4n) is 1.76. The summed E-state index contributed by atoms with van der Waals surface area (Å²) in [5, 5.41) is 12.8. The highest BCUT2D eigenvalue weighted by Crippen LogP contribution is 2.12. The summed E-state index contributed by atoms with van der Waals surface area (Å²) in [6.07, 6.45) is 0. The van der Waals surface area contributed by atoms with Gasteiger partial charge in [-0.05, 0) is 37.2 Å². The highest BCUT2D eigenvalue weighted by Gasteiger charge is 2.09. The number of halogens is 1. The van der Waals surface area contributed by atoms with Crippen molar-refractivity contribution in [1.82, 2.24) is 15.5 Å². The maximum atomic E-state index is 11.9. The molecule has 0 saturated carbocycles. The molecule has 0 saturated heterocycles. The van der Waals surface area contributed by atoms with Crippen molar-refractivity contribution in [3.8, 4) is 0 Å². The molecule has 2 rings (SSSR count). The van der Waals surface area contributed by atoms with Crippen LogP contribution >= 0.6 is 12.4 Å². The van der Waals surface area contributed by atoms with Crippen LogP contribution in [-0.4, -0.2) is 22.6 Å². The fourth-order valence-corrected chi connectivity index (χ4v) is 1.76. The van der Waals surface area contributed by atoms with E-state index in [0.29, 0.717) is 5.69 Å². The van der Waals surface area contributed by atoms with Crippen LogP contribution in [0.3, 0.4) is 0 Å². The third-order valence-corrected chi connectivity index (χ3v) is 2.70. The molecular formula is C14H19ClN4O. The summed E-state index contributed by atoms with van der Waals surface area (Å²) in [5.74, 6) is -0.204. The molecule has 1 aromatic heterocycles. The molecule has 108 valence electrons. The molecular weight excluding hydrogens is 276 g/mol. The summed E-state index contributed by atoms with van der Waals surface area (Å²) in [6.45, 7) is 5.64. The maximum absolute atomic E-state index is 11.9. The van der Waals surface area contributed by atoms with E-state index in [2.05, 4.69) is 27.8 Å². The van der Waals surface area contributed by atoms with Crippen LogP contribution in [0.15, 0.2) is 30.3 Å². The molecule has 0 bridgehead atoms. The summed E-state index contributed by atoms with van der Waals surface area (Å²) in [6, 6.07) is 9.50. The van der Waals surface area contributed by atoms with E-state index < -0.39 is 0 Å². The minimum Gasteiger partial charge on any atom is -0.321 e. The van der Waals surface area contributed by atoms with Crippen LogP contribution in [0.2, 0.25) is 0 Å². The van der Waals surface area contributed by atoms with Crippen LogP contribution in [0.25, 0.3) is 0 Å². The number of anilines is 1. The molecule has 0 spiro atoms. The lowest BCUT2D eigenvalue weighted by atomic mass is 10.2. The number of aromatic amines is 1. The van der Waals surface area contributed by atoms with E-state index in [4.69, 9.17) is 0 Å². The Morgan fingerprint density at radius 3 is 2.80 bits per heavy atom. The standard InChI is InChI=1S/C14H18N4O.ClH/c1-3-15-9-11-5-4-6-12(8-11)16-14(19)13-7-10(2)17-18-13;/h4-8,15H,3,9H2,1-2H3,(H,16,19)(H,17,18);1H. The van der Waals surface area contributed by atoms with E-state index in [9.17, 15) is 4.79 Å². The fraction of sp³-hybridized carbons (Fsp3) is 0.286. The topological polar surface area (TPSA) is 69.8 Å². The first kappa shape index (κ1) is 16.2. The van der Waals surface area contributed by atoms with Crippen LogP contribution in [0, 0.1) is 6.92 Å². The molecule has 0 aliphatic heterocycles. The second kappa shape index (κ2) is 7.67. The van der Waals surface area contributed by atoms with E-state index in [0.717, 1.165) is 30.0 Å². The van der Waals surface area contributed by atoms with Gasteiger partial charge in [-0.15, -0.1) is 12.4 Å². The predicted molar refractivity (Wildman–Crippen MR) is 82.3 cm³/mol. The van der Waals surface area contributed by atoms with Crippen molar-refractivity contribution in [2.24, 2.45) is 0 Å². The molecule has 5 nitrogen and oxygen atoms in total. The van der Waals surface area contributed by atoms with E-state index in [-0.39, 0.29) is 18.3 Å². The van der Waals surface area contributed by atoms with Crippen molar-refractivity contribution in [2.75, 3.05) is 11.9 Å². The summed E-state index contributed by atoms with van der Waals surface area (Å²) in [5.41, 5.74) is 3.18. The Morgan fingerprint density at radius 1 is 1.35 bits per heavy atom. The van der Waals surface area contributed by atoms with Crippen molar-refractivity contribution in [3.63, 3.8) is 0 Å². The van der Waals surface area contributed by atoms with Crippen molar-refractivity contribution < 1.29 is 4.79 Å². The summed E-state index contributed by atoms with van der Waals surface area (Å²) in [4.78, 5) is 11.9. The summed E-state index contributed by atoms with van der Waals surface area (Å²) >= 11 is 0. The smallest absolute Gasteiger partial charge is 0.276 e. The first-order chi connectivity index (χ1) is 9.19. The van der Waals surface area contributed by atoms with Gasteiger partial charge in [0, 0.05) is 17.9 Å². The van der Waals surface area contributed by atoms with Crippen molar-refractivity contribution >= 4 is 24.0 Å². The maximum Gasteiger partial charge on any atom is 0.276 e. The van der Waals surface area contributed by atoms with Crippen LogP contribution in [0.1, 0.15) is 28.7 Å². The number of benzene rings is 1. The molecule has 6 heteroatoms. The van der Waals surface area contributed by atoms with Gasteiger partial charge in [0.15, 0.2) is 5.69 Å². The number of carbonyl (C=O) groups is 1. The molecule has 1 heterocycles. The number of nitrogens with one attached hydrogen (secondary N) is 3. The van der Waals surface area contributed by atoms with Crippen LogP contribution in [-0.2, 0) is 6.54 Å².